The molecular formula is C22H23N3O3. The Morgan fingerprint density at radius 3 is 2.32 bits per heavy atom. The van der Waals surface area contributed by atoms with Crippen LogP contribution < -0.4 is 9.47 Å². The summed E-state index contributed by atoms with van der Waals surface area (Å²) in [5, 5.41) is 6.91. The van der Waals surface area contributed by atoms with Crippen LogP contribution >= 0.6 is 0 Å². The van der Waals surface area contributed by atoms with Crippen molar-refractivity contribution in [2.45, 2.75) is 19.3 Å². The highest BCUT2D eigenvalue weighted by Gasteiger charge is 2.18. The first-order chi connectivity index (χ1) is 13.8. The maximum atomic E-state index is 11.6. The zero-order chi connectivity index (χ0) is 19.2. The lowest BCUT2D eigenvalue weighted by Crippen LogP contribution is -2.26. The Kier molecular flexibility index (Phi) is 5.56. The Hall–Kier alpha value is -3.28. The summed E-state index contributed by atoms with van der Waals surface area (Å²) < 4.78 is 11.6. The summed E-state index contributed by atoms with van der Waals surface area (Å²) in [7, 11) is 0. The fraction of sp³-hybridized carbons (Fsp3) is 0.273. The van der Waals surface area contributed by atoms with Crippen molar-refractivity contribution >= 4 is 5.91 Å². The van der Waals surface area contributed by atoms with Crippen LogP contribution in [0.3, 0.4) is 0 Å². The molecule has 0 unspecified atom stereocenters. The molecule has 1 aliphatic rings. The van der Waals surface area contributed by atoms with E-state index in [4.69, 9.17) is 9.47 Å². The molecule has 0 saturated carbocycles. The molecule has 1 amide bonds. The van der Waals surface area contributed by atoms with Crippen LogP contribution in [0.1, 0.15) is 19.3 Å². The lowest BCUT2D eigenvalue weighted by atomic mass is 10.1. The first-order valence-corrected chi connectivity index (χ1v) is 9.56. The molecule has 0 atom stereocenters. The highest BCUT2D eigenvalue weighted by molar-refractivity contribution is 5.78. The normalized spacial score (nSPS) is 13.7. The van der Waals surface area contributed by atoms with Crippen LogP contribution in [0, 0.1) is 0 Å². The van der Waals surface area contributed by atoms with E-state index in [1.807, 2.05) is 59.5 Å². The van der Waals surface area contributed by atoms with Crippen LogP contribution in [0.2, 0.25) is 0 Å². The summed E-state index contributed by atoms with van der Waals surface area (Å²) in [4.78, 5) is 13.5. The van der Waals surface area contributed by atoms with E-state index in [1.54, 1.807) is 6.20 Å². The van der Waals surface area contributed by atoms with Crippen molar-refractivity contribution in [1.29, 1.82) is 0 Å². The molecule has 4 rings (SSSR count). The molecule has 2 heterocycles. The van der Waals surface area contributed by atoms with Gasteiger partial charge in [0.2, 0.25) is 5.91 Å². The molecule has 6 nitrogen and oxygen atoms in total. The van der Waals surface area contributed by atoms with E-state index in [1.165, 1.54) is 0 Å². The Morgan fingerprint density at radius 1 is 0.964 bits per heavy atom. The number of aromatic nitrogens is 2. The molecule has 1 aliphatic heterocycles. The van der Waals surface area contributed by atoms with Gasteiger partial charge in [0.15, 0.2) is 0 Å². The first-order valence-electron chi connectivity index (χ1n) is 9.56. The van der Waals surface area contributed by atoms with Gasteiger partial charge in [-0.15, -0.1) is 0 Å². The third-order valence-corrected chi connectivity index (χ3v) is 4.74. The van der Waals surface area contributed by atoms with Gasteiger partial charge in [-0.25, -0.2) is 0 Å². The summed E-state index contributed by atoms with van der Waals surface area (Å²) in [5.41, 5.74) is 2.03. The zero-order valence-corrected chi connectivity index (χ0v) is 15.6. The number of carbonyl (C=O) groups is 1. The minimum Gasteiger partial charge on any atom is -0.494 e. The van der Waals surface area contributed by atoms with Gasteiger partial charge in [0.05, 0.1) is 12.3 Å². The standard InChI is InChI=1S/C22H23N3O3/c26-22-3-1-14-25(22)15-2-16-27-18-8-10-20(11-9-18)28-19-6-4-17(5-7-19)21-12-13-23-24-21/h4-13H,1-3,14-16H2,(H,23,24). The van der Waals surface area contributed by atoms with Crippen LogP contribution in [0.15, 0.2) is 60.8 Å². The second-order valence-electron chi connectivity index (χ2n) is 6.75. The van der Waals surface area contributed by atoms with E-state index in [-0.39, 0.29) is 5.91 Å². The number of carbonyl (C=O) groups excluding carboxylic acids is 1. The lowest BCUT2D eigenvalue weighted by Gasteiger charge is -2.15. The monoisotopic (exact) mass is 377 g/mol. The number of likely N-dealkylation sites (tertiary alicyclic amines) is 1. The average Bonchev–Trinajstić information content (AvgIpc) is 3.39. The fourth-order valence-electron chi connectivity index (χ4n) is 3.25. The fourth-order valence-corrected chi connectivity index (χ4v) is 3.25. The average molecular weight is 377 g/mol. The third kappa shape index (κ3) is 4.52. The highest BCUT2D eigenvalue weighted by atomic mass is 16.5. The topological polar surface area (TPSA) is 67.5 Å². The Labute approximate surface area is 164 Å². The Morgan fingerprint density at radius 2 is 1.68 bits per heavy atom. The van der Waals surface area contributed by atoms with E-state index in [2.05, 4.69) is 10.2 Å². The summed E-state index contributed by atoms with van der Waals surface area (Å²) in [6.45, 7) is 2.25. The number of benzene rings is 2. The molecule has 1 saturated heterocycles. The molecule has 0 aliphatic carbocycles. The number of nitrogens with one attached hydrogen (secondary N) is 1. The second-order valence-corrected chi connectivity index (χ2v) is 6.75. The van der Waals surface area contributed by atoms with Crippen molar-refractivity contribution in [2.75, 3.05) is 19.7 Å². The molecule has 0 spiro atoms. The number of rotatable bonds is 8. The smallest absolute Gasteiger partial charge is 0.222 e. The SMILES string of the molecule is O=C1CCCN1CCCOc1ccc(Oc2ccc(-c3ccn[nH]3)cc2)cc1. The van der Waals surface area contributed by atoms with Crippen LogP contribution in [0.4, 0.5) is 0 Å². The van der Waals surface area contributed by atoms with Crippen molar-refractivity contribution in [3.8, 4) is 28.5 Å². The number of H-pyrrole nitrogens is 1. The molecule has 3 aromatic rings. The molecule has 2 aromatic carbocycles. The van der Waals surface area contributed by atoms with Crippen LogP contribution in [-0.4, -0.2) is 40.7 Å². The molecule has 1 N–H and O–H groups in total. The molecule has 0 radical (unpaired) electrons. The van der Waals surface area contributed by atoms with Gasteiger partial charge in [-0.3, -0.25) is 9.89 Å². The number of hydrogen-bond acceptors (Lipinski definition) is 4. The van der Waals surface area contributed by atoms with Crippen LogP contribution in [0.5, 0.6) is 17.2 Å². The first kappa shape index (κ1) is 18.1. The van der Waals surface area contributed by atoms with Crippen molar-refractivity contribution in [1.82, 2.24) is 15.1 Å². The van der Waals surface area contributed by atoms with Gasteiger partial charge in [0.1, 0.15) is 17.2 Å². The van der Waals surface area contributed by atoms with Gasteiger partial charge >= 0.3 is 0 Å². The summed E-state index contributed by atoms with van der Waals surface area (Å²) >= 11 is 0. The summed E-state index contributed by atoms with van der Waals surface area (Å²) in [6.07, 6.45) is 4.24. The molecule has 28 heavy (non-hydrogen) atoms. The molecule has 144 valence electrons. The lowest BCUT2D eigenvalue weighted by molar-refractivity contribution is -0.127. The predicted molar refractivity (Wildman–Crippen MR) is 106 cm³/mol. The van der Waals surface area contributed by atoms with Crippen LogP contribution in [-0.2, 0) is 4.79 Å². The van der Waals surface area contributed by atoms with Crippen molar-refractivity contribution < 1.29 is 14.3 Å². The van der Waals surface area contributed by atoms with E-state index in [0.29, 0.717) is 13.0 Å². The quantitative estimate of drug-likeness (QED) is 0.596. The minimum absolute atomic E-state index is 0.263. The number of amides is 1. The van der Waals surface area contributed by atoms with E-state index >= 15 is 0 Å². The predicted octanol–water partition coefficient (Wildman–Crippen LogP) is 4.26. The van der Waals surface area contributed by atoms with Gasteiger partial charge in [0, 0.05) is 25.7 Å². The van der Waals surface area contributed by atoms with E-state index in [0.717, 1.165) is 54.4 Å². The van der Waals surface area contributed by atoms with Gasteiger partial charge < -0.3 is 14.4 Å². The number of hydrogen-bond donors (Lipinski definition) is 1. The maximum absolute atomic E-state index is 11.6. The summed E-state index contributed by atoms with van der Waals surface area (Å²) in [6, 6.07) is 17.4. The number of aromatic amines is 1. The van der Waals surface area contributed by atoms with Gasteiger partial charge in [-0.1, -0.05) is 0 Å². The molecular weight excluding hydrogens is 354 g/mol. The van der Waals surface area contributed by atoms with Crippen molar-refractivity contribution in [3.05, 3.63) is 60.8 Å². The molecule has 0 bridgehead atoms. The third-order valence-electron chi connectivity index (χ3n) is 4.74. The Balaban J connectivity index is 1.24. The highest BCUT2D eigenvalue weighted by Crippen LogP contribution is 2.26. The minimum atomic E-state index is 0.263. The molecule has 6 heteroatoms. The number of ether oxygens (including phenoxy) is 2. The molecule has 1 fully saturated rings. The largest absolute Gasteiger partial charge is 0.494 e. The van der Waals surface area contributed by atoms with Crippen molar-refractivity contribution in [3.63, 3.8) is 0 Å². The van der Waals surface area contributed by atoms with E-state index in [9.17, 15) is 4.79 Å². The Bertz CT molecular complexity index is 890. The van der Waals surface area contributed by atoms with Crippen molar-refractivity contribution in [2.24, 2.45) is 0 Å². The van der Waals surface area contributed by atoms with Gasteiger partial charge in [0.25, 0.3) is 0 Å². The van der Waals surface area contributed by atoms with Crippen LogP contribution in [0.25, 0.3) is 11.3 Å². The molecule has 1 aromatic heterocycles. The maximum Gasteiger partial charge on any atom is 0.222 e. The van der Waals surface area contributed by atoms with E-state index < -0.39 is 0 Å². The van der Waals surface area contributed by atoms with Gasteiger partial charge in [-0.05, 0) is 73.0 Å². The number of nitrogens with zero attached hydrogens (tertiary/aromatic N) is 2. The summed E-state index contributed by atoms with van der Waals surface area (Å²) in [5.74, 6) is 2.59. The second kappa shape index (κ2) is 8.61. The van der Waals surface area contributed by atoms with Gasteiger partial charge in [-0.2, -0.15) is 5.10 Å². The zero-order valence-electron chi connectivity index (χ0n) is 15.6.